The molecule has 1 amide bonds. The maximum absolute atomic E-state index is 12.9. The average Bonchev–Trinajstić information content (AvgIpc) is 3.14. The Labute approximate surface area is 183 Å². The molecule has 2 heterocycles. The van der Waals surface area contributed by atoms with Crippen LogP contribution in [0.2, 0.25) is 0 Å². The van der Waals surface area contributed by atoms with Crippen molar-refractivity contribution >= 4 is 27.3 Å². The fraction of sp³-hybridized carbons (Fsp3) is 0.545. The number of benzene rings is 1. The summed E-state index contributed by atoms with van der Waals surface area (Å²) in [6, 6.07) is 5.25. The van der Waals surface area contributed by atoms with Crippen molar-refractivity contribution in [3.63, 3.8) is 0 Å². The van der Waals surface area contributed by atoms with Crippen molar-refractivity contribution in [2.75, 3.05) is 19.6 Å². The summed E-state index contributed by atoms with van der Waals surface area (Å²) in [7, 11) is -3.50. The first kappa shape index (κ1) is 22.9. The second-order valence-corrected chi connectivity index (χ2v) is 10.9. The highest BCUT2D eigenvalue weighted by Gasteiger charge is 2.32. The quantitative estimate of drug-likeness (QED) is 0.625. The van der Waals surface area contributed by atoms with Crippen LogP contribution in [0.5, 0.6) is 0 Å². The van der Waals surface area contributed by atoms with Gasteiger partial charge in [0.15, 0.2) is 0 Å². The van der Waals surface area contributed by atoms with E-state index in [4.69, 9.17) is 0 Å². The number of nitrogens with one attached hydrogen (secondary N) is 1. The van der Waals surface area contributed by atoms with E-state index < -0.39 is 10.0 Å². The molecule has 0 saturated carbocycles. The third-order valence-electron chi connectivity index (χ3n) is 5.72. The SMILES string of the molecule is Cc1csc(CCCCNC(=O)C2CCN(S(=O)(=O)c3ccc(C)c(C)c3)CC2)n1. The monoisotopic (exact) mass is 449 g/mol. The second-order valence-electron chi connectivity index (χ2n) is 8.06. The van der Waals surface area contributed by atoms with E-state index in [0.717, 1.165) is 41.1 Å². The van der Waals surface area contributed by atoms with Gasteiger partial charge in [0.2, 0.25) is 15.9 Å². The lowest BCUT2D eigenvalue weighted by Gasteiger charge is -2.30. The predicted octanol–water partition coefficient (Wildman–Crippen LogP) is 3.61. The van der Waals surface area contributed by atoms with Gasteiger partial charge in [-0.15, -0.1) is 11.3 Å². The number of thiazole rings is 1. The number of unbranched alkanes of at least 4 members (excludes halogenated alkanes) is 1. The first-order valence-corrected chi connectivity index (χ1v) is 12.9. The van der Waals surface area contributed by atoms with Crippen molar-refractivity contribution in [1.82, 2.24) is 14.6 Å². The second kappa shape index (κ2) is 10.0. The maximum atomic E-state index is 12.9. The fourth-order valence-corrected chi connectivity index (χ4v) is 6.03. The number of amides is 1. The number of nitrogens with zero attached hydrogens (tertiary/aromatic N) is 2. The Morgan fingerprint density at radius 1 is 1.17 bits per heavy atom. The van der Waals surface area contributed by atoms with Crippen LogP contribution in [0.1, 0.15) is 47.5 Å². The Kier molecular flexibility index (Phi) is 7.65. The van der Waals surface area contributed by atoms with Crippen LogP contribution in [0.25, 0.3) is 0 Å². The van der Waals surface area contributed by atoms with Crippen molar-refractivity contribution in [2.24, 2.45) is 5.92 Å². The number of carbonyl (C=O) groups excluding carboxylic acids is 1. The molecule has 1 N–H and O–H groups in total. The van der Waals surface area contributed by atoms with E-state index in [-0.39, 0.29) is 11.8 Å². The van der Waals surface area contributed by atoms with Gasteiger partial charge < -0.3 is 5.32 Å². The first-order chi connectivity index (χ1) is 14.3. The van der Waals surface area contributed by atoms with Crippen molar-refractivity contribution in [1.29, 1.82) is 0 Å². The molecule has 2 aromatic rings. The molecule has 0 aliphatic carbocycles. The summed E-state index contributed by atoms with van der Waals surface area (Å²) in [5.74, 6) is -0.0684. The van der Waals surface area contributed by atoms with Crippen molar-refractivity contribution in [3.05, 3.63) is 45.4 Å². The minimum atomic E-state index is -3.50. The standard InChI is InChI=1S/C22H31N3O3S2/c1-16-7-8-20(14-17(16)2)30(27,28)25-12-9-19(10-13-25)22(26)23-11-5-4-6-21-24-18(3)15-29-21/h7-8,14-15,19H,4-6,9-13H2,1-3H3,(H,23,26). The Morgan fingerprint density at radius 3 is 2.53 bits per heavy atom. The Morgan fingerprint density at radius 2 is 1.90 bits per heavy atom. The van der Waals surface area contributed by atoms with E-state index in [1.807, 2.05) is 26.8 Å². The highest BCUT2D eigenvalue weighted by atomic mass is 32.2. The van der Waals surface area contributed by atoms with Gasteiger partial charge in [0.1, 0.15) is 0 Å². The molecule has 3 rings (SSSR count). The van der Waals surface area contributed by atoms with E-state index >= 15 is 0 Å². The van der Waals surface area contributed by atoms with Crippen molar-refractivity contribution in [2.45, 2.75) is 57.8 Å². The normalized spacial score (nSPS) is 16.0. The molecule has 6 nitrogen and oxygen atoms in total. The summed E-state index contributed by atoms with van der Waals surface area (Å²) in [5.41, 5.74) is 3.11. The summed E-state index contributed by atoms with van der Waals surface area (Å²) in [6.07, 6.45) is 4.00. The summed E-state index contributed by atoms with van der Waals surface area (Å²) >= 11 is 1.69. The van der Waals surface area contributed by atoms with Crippen LogP contribution in [0.15, 0.2) is 28.5 Å². The lowest BCUT2D eigenvalue weighted by molar-refractivity contribution is -0.126. The van der Waals surface area contributed by atoms with Gasteiger partial charge in [-0.1, -0.05) is 6.07 Å². The number of hydrogen-bond acceptors (Lipinski definition) is 5. The third kappa shape index (κ3) is 5.68. The van der Waals surface area contributed by atoms with Gasteiger partial charge in [-0.3, -0.25) is 4.79 Å². The van der Waals surface area contributed by atoms with Crippen LogP contribution in [-0.4, -0.2) is 43.2 Å². The predicted molar refractivity (Wildman–Crippen MR) is 120 cm³/mol. The fourth-order valence-electron chi connectivity index (χ4n) is 3.66. The van der Waals surface area contributed by atoms with E-state index in [1.54, 1.807) is 23.5 Å². The Hall–Kier alpha value is -1.77. The number of aryl methyl sites for hydroxylation is 4. The number of rotatable bonds is 8. The molecular weight excluding hydrogens is 418 g/mol. The molecule has 30 heavy (non-hydrogen) atoms. The van der Waals surface area contributed by atoms with Crippen LogP contribution in [0.3, 0.4) is 0 Å². The zero-order chi connectivity index (χ0) is 21.7. The van der Waals surface area contributed by atoms with Crippen LogP contribution in [0.4, 0.5) is 0 Å². The maximum Gasteiger partial charge on any atom is 0.243 e. The zero-order valence-corrected chi connectivity index (χ0v) is 19.6. The molecule has 0 radical (unpaired) electrons. The molecule has 1 aliphatic rings. The van der Waals surface area contributed by atoms with Gasteiger partial charge in [-0.05, 0) is 76.1 Å². The van der Waals surface area contributed by atoms with Gasteiger partial charge in [-0.25, -0.2) is 13.4 Å². The molecule has 0 unspecified atom stereocenters. The zero-order valence-electron chi connectivity index (χ0n) is 18.0. The third-order valence-corrected chi connectivity index (χ3v) is 8.65. The highest BCUT2D eigenvalue weighted by molar-refractivity contribution is 7.89. The minimum Gasteiger partial charge on any atom is -0.356 e. The first-order valence-electron chi connectivity index (χ1n) is 10.5. The minimum absolute atomic E-state index is 0.0447. The average molecular weight is 450 g/mol. The molecular formula is C22H31N3O3S2. The molecule has 164 valence electrons. The van der Waals surface area contributed by atoms with E-state index in [2.05, 4.69) is 15.7 Å². The van der Waals surface area contributed by atoms with Gasteiger partial charge in [-0.2, -0.15) is 4.31 Å². The summed E-state index contributed by atoms with van der Waals surface area (Å²) < 4.78 is 27.3. The molecule has 0 bridgehead atoms. The number of piperidine rings is 1. The number of carbonyl (C=O) groups is 1. The number of hydrogen-bond donors (Lipinski definition) is 1. The van der Waals surface area contributed by atoms with E-state index in [9.17, 15) is 13.2 Å². The molecule has 0 atom stereocenters. The van der Waals surface area contributed by atoms with Crippen molar-refractivity contribution < 1.29 is 13.2 Å². The van der Waals surface area contributed by atoms with Gasteiger partial charge in [0.05, 0.1) is 9.90 Å². The lowest BCUT2D eigenvalue weighted by atomic mass is 9.97. The number of sulfonamides is 1. The van der Waals surface area contributed by atoms with Gasteiger partial charge in [0, 0.05) is 36.6 Å². The Bertz CT molecular complexity index is 977. The van der Waals surface area contributed by atoms with Gasteiger partial charge in [0.25, 0.3) is 0 Å². The summed E-state index contributed by atoms with van der Waals surface area (Å²) in [6.45, 7) is 7.31. The van der Waals surface area contributed by atoms with Crippen LogP contribution < -0.4 is 5.32 Å². The molecule has 1 aliphatic heterocycles. The van der Waals surface area contributed by atoms with Gasteiger partial charge >= 0.3 is 0 Å². The molecule has 1 aromatic carbocycles. The molecule has 8 heteroatoms. The van der Waals surface area contributed by atoms with Crippen molar-refractivity contribution in [3.8, 4) is 0 Å². The summed E-state index contributed by atoms with van der Waals surface area (Å²) in [4.78, 5) is 17.2. The smallest absolute Gasteiger partial charge is 0.243 e. The number of aromatic nitrogens is 1. The van der Waals surface area contributed by atoms with Crippen LogP contribution in [0, 0.1) is 26.7 Å². The largest absolute Gasteiger partial charge is 0.356 e. The van der Waals surface area contributed by atoms with E-state index in [1.165, 1.54) is 4.31 Å². The molecule has 1 aromatic heterocycles. The lowest BCUT2D eigenvalue weighted by Crippen LogP contribution is -2.43. The van der Waals surface area contributed by atoms with Crippen LogP contribution >= 0.6 is 11.3 Å². The molecule has 0 spiro atoms. The Balaban J connectivity index is 1.41. The van der Waals surface area contributed by atoms with Crippen LogP contribution in [-0.2, 0) is 21.2 Å². The topological polar surface area (TPSA) is 79.4 Å². The molecule has 1 saturated heterocycles. The summed E-state index contributed by atoms with van der Waals surface area (Å²) in [5, 5.41) is 6.23. The molecule has 1 fully saturated rings. The van der Waals surface area contributed by atoms with E-state index in [0.29, 0.717) is 37.4 Å². The highest BCUT2D eigenvalue weighted by Crippen LogP contribution is 2.25.